The van der Waals surface area contributed by atoms with Crippen molar-refractivity contribution in [3.05, 3.63) is 158 Å². The first-order valence-electron chi connectivity index (χ1n) is 12.7. The summed E-state index contributed by atoms with van der Waals surface area (Å²) in [5.41, 5.74) is 9.38. The van der Waals surface area contributed by atoms with E-state index in [4.69, 9.17) is 0 Å². The van der Waals surface area contributed by atoms with Crippen molar-refractivity contribution in [2.45, 2.75) is 0 Å². The van der Waals surface area contributed by atoms with Crippen molar-refractivity contribution >= 4 is 38.2 Å². The van der Waals surface area contributed by atoms with E-state index < -0.39 is 5.56 Å². The number of hydrogen-bond donors (Lipinski definition) is 0. The molecule has 6 aromatic rings. The van der Waals surface area contributed by atoms with Gasteiger partial charge in [-0.15, -0.1) is 0 Å². The molecule has 0 atom stereocenters. The van der Waals surface area contributed by atoms with Crippen molar-refractivity contribution in [3.8, 4) is 44.5 Å². The first-order valence-corrected chi connectivity index (χ1v) is 16.9. The van der Waals surface area contributed by atoms with Gasteiger partial charge in [0.15, 0.2) is 0 Å². The lowest BCUT2D eigenvalue weighted by Crippen LogP contribution is -2.10. The normalized spacial score (nSPS) is 11.0. The van der Waals surface area contributed by atoms with Gasteiger partial charge in [0, 0.05) is 5.56 Å². The molecule has 0 bridgehead atoms. The zero-order valence-electron chi connectivity index (χ0n) is 20.8. The van der Waals surface area contributed by atoms with Gasteiger partial charge in [0.25, 0.3) is 0 Å². The van der Waals surface area contributed by atoms with Gasteiger partial charge in [-0.2, -0.15) is 0 Å². The number of halogens is 1. The lowest BCUT2D eigenvalue weighted by molar-refractivity contribution is 1.60. The Morgan fingerprint density at radius 2 is 0.526 bits per heavy atom. The van der Waals surface area contributed by atoms with Gasteiger partial charge in [-0.25, -0.2) is 0 Å². The number of benzene rings is 6. The molecule has 0 aliphatic rings. The minimum absolute atomic E-state index is 0.627. The summed E-state index contributed by atoms with van der Waals surface area (Å²) in [6.07, 6.45) is 0. The lowest BCUT2D eigenvalue weighted by atomic mass is 9.99. The van der Waals surface area contributed by atoms with Crippen LogP contribution in [0, 0.1) is 0 Å². The van der Waals surface area contributed by atoms with Gasteiger partial charge in [0.1, 0.15) is 0 Å². The van der Waals surface area contributed by atoms with Crippen molar-refractivity contribution in [1.29, 1.82) is 0 Å². The van der Waals surface area contributed by atoms with E-state index in [2.05, 4.69) is 180 Å². The van der Waals surface area contributed by atoms with E-state index >= 15 is 0 Å². The van der Waals surface area contributed by atoms with Crippen molar-refractivity contribution in [3.63, 3.8) is 0 Å². The van der Waals surface area contributed by atoms with E-state index in [0.717, 1.165) is 0 Å². The summed E-state index contributed by atoms with van der Waals surface area (Å²) < 4.78 is 0. The van der Waals surface area contributed by atoms with E-state index in [-0.39, 0.29) is 0 Å². The quantitative estimate of drug-likeness (QED) is 0.129. The van der Waals surface area contributed by atoms with Gasteiger partial charge in [0.05, 0.1) is 0 Å². The highest BCUT2D eigenvalue weighted by Crippen LogP contribution is 2.46. The van der Waals surface area contributed by atoms with Crippen LogP contribution in [0.3, 0.4) is 0 Å². The summed E-state index contributed by atoms with van der Waals surface area (Å²) in [6.45, 7) is 0. The maximum Gasteiger partial charge on any atom is 0.0216 e. The Bertz CT molecular complexity index is 1400. The second-order valence-electron chi connectivity index (χ2n) is 9.28. The smallest absolute Gasteiger partial charge is 0.0216 e. The van der Waals surface area contributed by atoms with E-state index in [1.165, 1.54) is 55.1 Å². The second kappa shape index (κ2) is 11.5. The Morgan fingerprint density at radius 1 is 0.289 bits per heavy atom. The van der Waals surface area contributed by atoms with Gasteiger partial charge in [-0.1, -0.05) is 121 Å². The van der Waals surface area contributed by atoms with E-state index in [0.29, 0.717) is 0 Å². The summed E-state index contributed by atoms with van der Waals surface area (Å²) >= 11 is 2.68. The minimum Gasteiger partial charge on any atom is -0.0622 e. The molecule has 6 rings (SSSR count). The van der Waals surface area contributed by atoms with Gasteiger partial charge in [-0.3, -0.25) is 0 Å². The molecule has 0 amide bonds. The molecule has 0 saturated carbocycles. The molecular weight excluding hydrogens is 590 g/mol. The Morgan fingerprint density at radius 3 is 0.763 bits per heavy atom. The summed E-state index contributed by atoms with van der Waals surface area (Å²) in [6, 6.07) is 57.1. The second-order valence-corrected chi connectivity index (χ2v) is 13.8. The van der Waals surface area contributed by atoms with Gasteiger partial charge >= 0.3 is 0 Å². The van der Waals surface area contributed by atoms with Crippen molar-refractivity contribution in [1.82, 2.24) is 0 Å². The number of rotatable bonds is 6. The molecule has 0 nitrogen and oxygen atoms in total. The topological polar surface area (TPSA) is 0 Å². The molecule has 0 aromatic heterocycles. The molecule has 0 N–H and O–H groups in total. The zero-order chi connectivity index (χ0) is 25.7. The molecule has 0 fully saturated rings. The van der Waals surface area contributed by atoms with E-state index in [9.17, 15) is 0 Å². The summed E-state index contributed by atoms with van der Waals surface area (Å²) in [5.74, 6) is 0. The summed E-state index contributed by atoms with van der Waals surface area (Å²) in [4.78, 5) is 0. The third-order valence-electron chi connectivity index (χ3n) is 6.72. The van der Waals surface area contributed by atoms with Crippen molar-refractivity contribution in [2.75, 3.05) is 0 Å². The van der Waals surface area contributed by atoms with Crippen LogP contribution in [0.5, 0.6) is 0 Å². The molecule has 2 heteroatoms. The highest BCUT2D eigenvalue weighted by molar-refractivity contribution is 14.2. The Labute approximate surface area is 239 Å². The van der Waals surface area contributed by atoms with E-state index in [1.807, 2.05) is 0 Å². The molecule has 0 radical (unpaired) electrons. The van der Waals surface area contributed by atoms with Crippen LogP contribution in [0.15, 0.2) is 158 Å². The fraction of sp³-hybridized carbons (Fsp3) is 0. The standard InChI is InChI=1S/C36H26IP/c37-38(35-23-31(27-13-5-1-6-14-27)21-32(24-35)28-15-7-2-8-16-28)36-25-33(29-17-9-3-10-18-29)22-34(26-36)30-19-11-4-12-20-30/h1-26H. The molecule has 0 heterocycles. The van der Waals surface area contributed by atoms with Gasteiger partial charge in [0.2, 0.25) is 0 Å². The highest BCUT2D eigenvalue weighted by Gasteiger charge is 2.16. The van der Waals surface area contributed by atoms with Crippen molar-refractivity contribution < 1.29 is 0 Å². The van der Waals surface area contributed by atoms with E-state index in [1.54, 1.807) is 0 Å². The minimum atomic E-state index is -0.627. The van der Waals surface area contributed by atoms with Gasteiger partial charge in [-0.05, 0) is 114 Å². The number of hydrogen-bond acceptors (Lipinski definition) is 0. The lowest BCUT2D eigenvalue weighted by Gasteiger charge is -2.18. The highest BCUT2D eigenvalue weighted by atomic mass is 127. The van der Waals surface area contributed by atoms with Crippen LogP contribution >= 0.6 is 27.6 Å². The Balaban J connectivity index is 1.51. The van der Waals surface area contributed by atoms with Crippen molar-refractivity contribution in [2.24, 2.45) is 0 Å². The van der Waals surface area contributed by atoms with Crippen LogP contribution in [-0.2, 0) is 0 Å². The van der Waals surface area contributed by atoms with Crippen LogP contribution in [0.2, 0.25) is 0 Å². The fourth-order valence-corrected chi connectivity index (χ4v) is 7.77. The Kier molecular flexibility index (Phi) is 7.49. The zero-order valence-corrected chi connectivity index (χ0v) is 23.9. The molecule has 6 aromatic carbocycles. The van der Waals surface area contributed by atoms with Crippen LogP contribution in [0.25, 0.3) is 44.5 Å². The first-order chi connectivity index (χ1) is 18.7. The average molecular weight is 616 g/mol. The maximum absolute atomic E-state index is 2.68. The molecule has 0 spiro atoms. The summed E-state index contributed by atoms with van der Waals surface area (Å²) in [5, 5.41) is 2.73. The molecular formula is C36H26IP. The molecule has 0 aliphatic carbocycles. The van der Waals surface area contributed by atoms with Crippen LogP contribution < -0.4 is 10.6 Å². The molecule has 38 heavy (non-hydrogen) atoms. The van der Waals surface area contributed by atoms with Crippen LogP contribution in [-0.4, -0.2) is 0 Å². The SMILES string of the molecule is IP(c1cc(-c2ccccc2)cc(-c2ccccc2)c1)c1cc(-c2ccccc2)cc(-c2ccccc2)c1. The predicted molar refractivity (Wildman–Crippen MR) is 175 cm³/mol. The molecule has 0 aliphatic heterocycles. The third kappa shape index (κ3) is 5.50. The molecule has 0 unspecified atom stereocenters. The molecule has 0 saturated heterocycles. The van der Waals surface area contributed by atoms with Crippen LogP contribution in [0.4, 0.5) is 0 Å². The third-order valence-corrected chi connectivity index (χ3v) is 11.5. The predicted octanol–water partition coefficient (Wildman–Crippen LogP) is 10.1. The molecule has 182 valence electrons. The van der Waals surface area contributed by atoms with Gasteiger partial charge < -0.3 is 0 Å². The largest absolute Gasteiger partial charge is 0.0622 e. The maximum atomic E-state index is 2.68. The van der Waals surface area contributed by atoms with Crippen LogP contribution in [0.1, 0.15) is 0 Å². The first kappa shape index (κ1) is 24.8. The monoisotopic (exact) mass is 616 g/mol. The Hall–Kier alpha value is -3.52. The average Bonchev–Trinajstić information content (AvgIpc) is 3.02. The summed E-state index contributed by atoms with van der Waals surface area (Å²) in [7, 11) is 0. The fourth-order valence-electron chi connectivity index (χ4n) is 4.79.